The molecule has 0 saturated carbocycles. The summed E-state index contributed by atoms with van der Waals surface area (Å²) >= 11 is 5.35. The number of amides is 2. The molecule has 2 aromatic heterocycles. The number of rotatable bonds is 4. The predicted octanol–water partition coefficient (Wildman–Crippen LogP) is 6.06. The third-order valence-electron chi connectivity index (χ3n) is 7.22. The molecule has 0 N–H and O–H groups in total. The van der Waals surface area contributed by atoms with E-state index in [1.807, 2.05) is 43.6 Å². The van der Waals surface area contributed by atoms with Gasteiger partial charge in [-0.1, -0.05) is 19.9 Å². The van der Waals surface area contributed by atoms with Crippen molar-refractivity contribution >= 4 is 39.1 Å². The molecule has 2 aliphatic rings. The van der Waals surface area contributed by atoms with E-state index in [4.69, 9.17) is 4.74 Å². The van der Waals surface area contributed by atoms with Gasteiger partial charge >= 0.3 is 0 Å². The molecule has 0 atom stereocenters. The van der Waals surface area contributed by atoms with Crippen LogP contribution >= 0.6 is 27.3 Å². The zero-order chi connectivity index (χ0) is 25.7. The van der Waals surface area contributed by atoms with E-state index in [2.05, 4.69) is 44.1 Å². The summed E-state index contributed by atoms with van der Waals surface area (Å²) in [5, 5.41) is 2.07. The molecule has 2 amide bonds. The third-order valence-corrected chi connectivity index (χ3v) is 8.73. The highest BCUT2D eigenvalue weighted by atomic mass is 79.9. The molecule has 0 fully saturated rings. The summed E-state index contributed by atoms with van der Waals surface area (Å²) in [6.07, 6.45) is 0.806. The number of fused-ring (bicyclic) bond motifs is 5. The first-order valence-electron chi connectivity index (χ1n) is 12.5. The minimum absolute atomic E-state index is 0.0325. The maximum atomic E-state index is 14.2. The van der Waals surface area contributed by atoms with Gasteiger partial charge in [-0.25, -0.2) is 0 Å². The summed E-state index contributed by atoms with van der Waals surface area (Å²) in [6, 6.07) is 8.41. The predicted molar refractivity (Wildman–Crippen MR) is 148 cm³/mol. The minimum atomic E-state index is -0.109. The molecular formula is C28H32BrN3O3S. The van der Waals surface area contributed by atoms with Crippen LogP contribution in [-0.4, -0.2) is 52.4 Å². The molecule has 6 nitrogen and oxygen atoms in total. The number of aromatic nitrogens is 1. The van der Waals surface area contributed by atoms with Crippen molar-refractivity contribution in [1.29, 1.82) is 0 Å². The summed E-state index contributed by atoms with van der Waals surface area (Å²) < 4.78 is 8.68. The first-order chi connectivity index (χ1) is 17.2. The van der Waals surface area contributed by atoms with Gasteiger partial charge < -0.3 is 19.1 Å². The molecule has 5 rings (SSSR count). The Morgan fingerprint density at radius 3 is 2.53 bits per heavy atom. The molecule has 8 heteroatoms. The molecule has 0 unspecified atom stereocenters. The second kappa shape index (κ2) is 9.71. The first kappa shape index (κ1) is 25.1. The minimum Gasteiger partial charge on any atom is -0.496 e. The lowest BCUT2D eigenvalue weighted by Gasteiger charge is -2.35. The van der Waals surface area contributed by atoms with Crippen molar-refractivity contribution in [3.8, 4) is 27.4 Å². The number of methoxy groups -OCH3 is 1. The molecule has 0 bridgehead atoms. The number of benzene rings is 1. The lowest BCUT2D eigenvalue weighted by Crippen LogP contribution is -2.47. The van der Waals surface area contributed by atoms with E-state index in [1.54, 1.807) is 18.4 Å². The fourth-order valence-corrected chi connectivity index (χ4v) is 6.76. The maximum absolute atomic E-state index is 14.2. The highest BCUT2D eigenvalue weighted by molar-refractivity contribution is 9.10. The fourth-order valence-electron chi connectivity index (χ4n) is 5.45. The van der Waals surface area contributed by atoms with Crippen LogP contribution in [0.4, 0.5) is 0 Å². The van der Waals surface area contributed by atoms with Crippen LogP contribution in [0.1, 0.15) is 49.3 Å². The van der Waals surface area contributed by atoms with E-state index >= 15 is 0 Å². The molecule has 2 aliphatic heterocycles. The number of nitrogens with zero attached hydrogens (tertiary/aromatic N) is 3. The van der Waals surface area contributed by atoms with E-state index in [-0.39, 0.29) is 23.8 Å². The van der Waals surface area contributed by atoms with Crippen LogP contribution in [0, 0.1) is 5.92 Å². The average molecular weight is 571 g/mol. The van der Waals surface area contributed by atoms with Gasteiger partial charge in [0.25, 0.3) is 5.91 Å². The van der Waals surface area contributed by atoms with Crippen molar-refractivity contribution < 1.29 is 14.3 Å². The summed E-state index contributed by atoms with van der Waals surface area (Å²) in [5.74, 6) is 0.869. The van der Waals surface area contributed by atoms with Gasteiger partial charge in [-0.05, 0) is 65.3 Å². The van der Waals surface area contributed by atoms with Gasteiger partial charge in [0, 0.05) is 59.7 Å². The van der Waals surface area contributed by atoms with Gasteiger partial charge in [-0.3, -0.25) is 9.59 Å². The SMILES string of the molecule is COc1cc2c(cc1Br)-c1c(-c3cccs3)c3c(n1CC2)C(=O)N(C(C)C)CCN(C(=O)C(C)C)C3. The monoisotopic (exact) mass is 569 g/mol. The van der Waals surface area contributed by atoms with Crippen LogP contribution in [0.25, 0.3) is 21.7 Å². The van der Waals surface area contributed by atoms with Gasteiger partial charge in [0.1, 0.15) is 11.4 Å². The van der Waals surface area contributed by atoms with Crippen LogP contribution in [-0.2, 0) is 24.3 Å². The number of ether oxygens (including phenoxy) is 1. The number of thiophene rings is 1. The van der Waals surface area contributed by atoms with Gasteiger partial charge in [-0.2, -0.15) is 0 Å². The molecule has 0 radical (unpaired) electrons. The van der Waals surface area contributed by atoms with Crippen molar-refractivity contribution in [1.82, 2.24) is 14.4 Å². The van der Waals surface area contributed by atoms with Crippen LogP contribution < -0.4 is 4.74 Å². The summed E-state index contributed by atoms with van der Waals surface area (Å²) in [5.41, 5.74) is 6.11. The van der Waals surface area contributed by atoms with E-state index in [9.17, 15) is 9.59 Å². The van der Waals surface area contributed by atoms with E-state index in [0.717, 1.165) is 49.6 Å². The van der Waals surface area contributed by atoms with E-state index in [1.165, 1.54) is 5.56 Å². The summed E-state index contributed by atoms with van der Waals surface area (Å²) in [7, 11) is 1.68. The number of halogens is 1. The molecule has 190 valence electrons. The van der Waals surface area contributed by atoms with Crippen molar-refractivity contribution in [2.24, 2.45) is 5.92 Å². The van der Waals surface area contributed by atoms with Crippen LogP contribution in [0.15, 0.2) is 34.1 Å². The topological polar surface area (TPSA) is 54.8 Å². The van der Waals surface area contributed by atoms with Crippen LogP contribution in [0.3, 0.4) is 0 Å². The Morgan fingerprint density at radius 1 is 1.11 bits per heavy atom. The average Bonchev–Trinajstić information content (AvgIpc) is 3.46. The molecule has 3 aromatic rings. The molecule has 0 aliphatic carbocycles. The number of hydrogen-bond acceptors (Lipinski definition) is 4. The molecule has 0 spiro atoms. The molecule has 0 saturated heterocycles. The largest absolute Gasteiger partial charge is 0.496 e. The van der Waals surface area contributed by atoms with E-state index < -0.39 is 0 Å². The summed E-state index contributed by atoms with van der Waals surface area (Å²) in [6.45, 7) is 10.2. The third kappa shape index (κ3) is 4.08. The van der Waals surface area contributed by atoms with Gasteiger partial charge in [0.15, 0.2) is 0 Å². The lowest BCUT2D eigenvalue weighted by atomic mass is 9.94. The Morgan fingerprint density at radius 2 is 1.89 bits per heavy atom. The Bertz CT molecular complexity index is 1330. The summed E-state index contributed by atoms with van der Waals surface area (Å²) in [4.78, 5) is 32.4. The number of hydrogen-bond donors (Lipinski definition) is 0. The van der Waals surface area contributed by atoms with Crippen LogP contribution in [0.5, 0.6) is 5.75 Å². The van der Waals surface area contributed by atoms with Crippen molar-refractivity contribution in [2.75, 3.05) is 20.2 Å². The molecule has 1 aromatic carbocycles. The first-order valence-corrected chi connectivity index (χ1v) is 14.2. The zero-order valence-electron chi connectivity index (χ0n) is 21.4. The Labute approximate surface area is 225 Å². The second-order valence-electron chi connectivity index (χ2n) is 10.1. The Balaban J connectivity index is 1.82. The second-order valence-corrected chi connectivity index (χ2v) is 11.9. The van der Waals surface area contributed by atoms with E-state index in [0.29, 0.717) is 26.2 Å². The lowest BCUT2D eigenvalue weighted by molar-refractivity contribution is -0.135. The standard InChI is InChI=1S/C28H32BrN3O3S/c1-16(2)27(33)30-10-11-31(17(3)4)28(34)26-20(15-30)24(23-7-6-12-36-23)25-19-14-21(29)22(35-5)13-18(19)8-9-32(25)26/h6-7,12-14,16-17H,8-11,15H2,1-5H3. The fraction of sp³-hybridized carbons (Fsp3) is 0.429. The number of carbonyl (C=O) groups excluding carboxylic acids is 2. The molecular weight excluding hydrogens is 538 g/mol. The van der Waals surface area contributed by atoms with Crippen molar-refractivity contribution in [3.05, 3.63) is 50.9 Å². The number of carbonyl (C=O) groups is 2. The highest BCUT2D eigenvalue weighted by Gasteiger charge is 2.37. The highest BCUT2D eigenvalue weighted by Crippen LogP contribution is 2.47. The smallest absolute Gasteiger partial charge is 0.271 e. The number of aryl methyl sites for hydroxylation is 1. The van der Waals surface area contributed by atoms with Crippen LogP contribution in [0.2, 0.25) is 0 Å². The molecule has 4 heterocycles. The Kier molecular flexibility index (Phi) is 6.76. The van der Waals surface area contributed by atoms with Gasteiger partial charge in [0.05, 0.1) is 17.3 Å². The van der Waals surface area contributed by atoms with Gasteiger partial charge in [0.2, 0.25) is 5.91 Å². The Hall–Kier alpha value is -2.58. The van der Waals surface area contributed by atoms with Crippen molar-refractivity contribution in [2.45, 2.75) is 53.2 Å². The zero-order valence-corrected chi connectivity index (χ0v) is 23.8. The van der Waals surface area contributed by atoms with Gasteiger partial charge in [-0.15, -0.1) is 11.3 Å². The normalized spacial score (nSPS) is 15.5. The molecule has 36 heavy (non-hydrogen) atoms. The van der Waals surface area contributed by atoms with Crippen molar-refractivity contribution in [3.63, 3.8) is 0 Å². The maximum Gasteiger partial charge on any atom is 0.271 e. The quantitative estimate of drug-likeness (QED) is 0.383.